The first-order valence-electron chi connectivity index (χ1n) is 7.38. The molecule has 0 saturated carbocycles. The Morgan fingerprint density at radius 3 is 2.27 bits per heavy atom. The fourth-order valence-electron chi connectivity index (χ4n) is 3.64. The van der Waals surface area contributed by atoms with Gasteiger partial charge in [0.15, 0.2) is 5.78 Å². The third kappa shape index (κ3) is 1.48. The van der Waals surface area contributed by atoms with Crippen LogP contribution in [0.2, 0.25) is 0 Å². The molecule has 0 spiro atoms. The molecule has 1 aliphatic heterocycles. The maximum Gasteiger partial charge on any atom is 0.193 e. The van der Waals surface area contributed by atoms with Crippen LogP contribution in [-0.2, 0) is 0 Å². The first-order chi connectivity index (χ1) is 10.8. The largest absolute Gasteiger partial charge is 0.289 e. The summed E-state index contributed by atoms with van der Waals surface area (Å²) < 4.78 is 0. The molecule has 22 heavy (non-hydrogen) atoms. The summed E-state index contributed by atoms with van der Waals surface area (Å²) in [5, 5.41) is 0. The Bertz CT molecular complexity index is 942. The predicted molar refractivity (Wildman–Crippen MR) is 87.8 cm³/mol. The van der Waals surface area contributed by atoms with E-state index in [9.17, 15) is 4.79 Å². The molecular weight excluding hydrogens is 288 g/mol. The average molecular weight is 300 g/mol. The smallest absolute Gasteiger partial charge is 0.193 e. The summed E-state index contributed by atoms with van der Waals surface area (Å²) in [5.41, 5.74) is 5.35. The number of ketones is 1. The lowest BCUT2D eigenvalue weighted by molar-refractivity contribution is 0.103. The maximum absolute atomic E-state index is 12.8. The minimum atomic E-state index is 0.156. The molecule has 0 N–H and O–H groups in total. The van der Waals surface area contributed by atoms with Gasteiger partial charge in [-0.05, 0) is 28.8 Å². The van der Waals surface area contributed by atoms with Crippen LogP contribution in [-0.4, -0.2) is 5.78 Å². The summed E-state index contributed by atoms with van der Waals surface area (Å²) in [7, 11) is 0. The zero-order valence-corrected chi connectivity index (χ0v) is 12.6. The predicted octanol–water partition coefficient (Wildman–Crippen LogP) is 4.88. The second-order valence-corrected chi connectivity index (χ2v) is 6.79. The summed E-state index contributed by atoms with van der Waals surface area (Å²) >= 11 is 1.77. The number of benzene rings is 3. The van der Waals surface area contributed by atoms with Gasteiger partial charge >= 0.3 is 0 Å². The van der Waals surface area contributed by atoms with Gasteiger partial charge in [0.1, 0.15) is 0 Å². The second-order valence-electron chi connectivity index (χ2n) is 5.71. The van der Waals surface area contributed by atoms with Gasteiger partial charge < -0.3 is 0 Å². The molecule has 5 rings (SSSR count). The van der Waals surface area contributed by atoms with Gasteiger partial charge in [0, 0.05) is 26.8 Å². The van der Waals surface area contributed by atoms with Crippen LogP contribution in [0.15, 0.2) is 76.5 Å². The molecule has 1 unspecified atom stereocenters. The third-order valence-electron chi connectivity index (χ3n) is 4.57. The van der Waals surface area contributed by atoms with Gasteiger partial charge in [-0.15, -0.1) is 0 Å². The van der Waals surface area contributed by atoms with Crippen molar-refractivity contribution in [2.75, 3.05) is 0 Å². The van der Waals surface area contributed by atoms with E-state index >= 15 is 0 Å². The number of carbonyl (C=O) groups excluding carboxylic acids is 1. The Kier molecular flexibility index (Phi) is 2.42. The summed E-state index contributed by atoms with van der Waals surface area (Å²) in [6.07, 6.45) is 0. The highest BCUT2D eigenvalue weighted by atomic mass is 32.2. The van der Waals surface area contributed by atoms with E-state index in [4.69, 9.17) is 0 Å². The highest BCUT2D eigenvalue weighted by Gasteiger charge is 2.37. The Labute approximate surface area is 133 Å². The lowest BCUT2D eigenvalue weighted by Crippen LogP contribution is -2.23. The van der Waals surface area contributed by atoms with E-state index in [0.717, 1.165) is 16.7 Å². The van der Waals surface area contributed by atoms with Gasteiger partial charge in [0.25, 0.3) is 0 Å². The number of rotatable bonds is 0. The van der Waals surface area contributed by atoms with Gasteiger partial charge in [0.05, 0.1) is 0 Å². The fourth-order valence-corrected chi connectivity index (χ4v) is 4.81. The molecule has 1 atom stereocenters. The first-order valence-corrected chi connectivity index (χ1v) is 8.19. The molecule has 3 aromatic rings. The van der Waals surface area contributed by atoms with Crippen LogP contribution >= 0.6 is 11.8 Å². The quantitative estimate of drug-likeness (QED) is 0.405. The van der Waals surface area contributed by atoms with Crippen LogP contribution in [0, 0.1) is 0 Å². The Balaban J connectivity index is 1.92. The molecule has 1 nitrogen and oxygen atoms in total. The summed E-state index contributed by atoms with van der Waals surface area (Å²) in [6.45, 7) is 0. The Morgan fingerprint density at radius 2 is 1.36 bits per heavy atom. The van der Waals surface area contributed by atoms with Crippen LogP contribution in [0.3, 0.4) is 0 Å². The monoisotopic (exact) mass is 300 g/mol. The molecule has 0 bridgehead atoms. The van der Waals surface area contributed by atoms with E-state index in [0.29, 0.717) is 0 Å². The SMILES string of the molecule is O=C1c2ccccc2C2c3ccccc3Sc3cccc1c32. The van der Waals surface area contributed by atoms with Gasteiger partial charge in [-0.3, -0.25) is 4.79 Å². The minimum Gasteiger partial charge on any atom is -0.289 e. The first kappa shape index (κ1) is 12.2. The number of hydrogen-bond donors (Lipinski definition) is 0. The number of hydrogen-bond acceptors (Lipinski definition) is 2. The molecule has 104 valence electrons. The highest BCUT2D eigenvalue weighted by Crippen LogP contribution is 2.52. The second kappa shape index (κ2) is 4.34. The molecule has 2 aliphatic rings. The highest BCUT2D eigenvalue weighted by molar-refractivity contribution is 7.99. The van der Waals surface area contributed by atoms with Crippen molar-refractivity contribution in [2.24, 2.45) is 0 Å². The molecule has 3 aromatic carbocycles. The lowest BCUT2D eigenvalue weighted by Gasteiger charge is -2.34. The molecule has 0 aromatic heterocycles. The van der Waals surface area contributed by atoms with Gasteiger partial charge in [-0.2, -0.15) is 0 Å². The van der Waals surface area contributed by atoms with Crippen molar-refractivity contribution in [3.63, 3.8) is 0 Å². The third-order valence-corrected chi connectivity index (χ3v) is 5.73. The topological polar surface area (TPSA) is 17.1 Å². The van der Waals surface area contributed by atoms with Crippen LogP contribution in [0.4, 0.5) is 0 Å². The van der Waals surface area contributed by atoms with Crippen molar-refractivity contribution in [2.45, 2.75) is 15.7 Å². The van der Waals surface area contributed by atoms with Crippen molar-refractivity contribution in [3.05, 3.63) is 94.5 Å². The van der Waals surface area contributed by atoms with Crippen LogP contribution in [0.25, 0.3) is 0 Å². The lowest BCUT2D eigenvalue weighted by atomic mass is 9.74. The van der Waals surface area contributed by atoms with Crippen LogP contribution in [0.5, 0.6) is 0 Å². The van der Waals surface area contributed by atoms with Crippen molar-refractivity contribution >= 4 is 17.5 Å². The molecule has 1 heterocycles. The van der Waals surface area contributed by atoms with Crippen molar-refractivity contribution in [1.82, 2.24) is 0 Å². The number of carbonyl (C=O) groups is 1. The van der Waals surface area contributed by atoms with Gasteiger partial charge in [0.2, 0.25) is 0 Å². The van der Waals surface area contributed by atoms with E-state index in [1.54, 1.807) is 11.8 Å². The van der Waals surface area contributed by atoms with Crippen molar-refractivity contribution in [3.8, 4) is 0 Å². The Morgan fingerprint density at radius 1 is 0.682 bits per heavy atom. The summed E-state index contributed by atoms with van der Waals surface area (Å²) in [4.78, 5) is 15.4. The van der Waals surface area contributed by atoms with E-state index in [-0.39, 0.29) is 11.7 Å². The molecular formula is C20H12OS. The molecule has 1 aliphatic carbocycles. The zero-order valence-electron chi connectivity index (χ0n) is 11.7. The molecule has 2 heteroatoms. The van der Waals surface area contributed by atoms with Gasteiger partial charge in [-0.1, -0.05) is 66.4 Å². The maximum atomic E-state index is 12.8. The average Bonchev–Trinajstić information content (AvgIpc) is 2.58. The van der Waals surface area contributed by atoms with Crippen LogP contribution in [0.1, 0.15) is 38.5 Å². The summed E-state index contributed by atoms with van der Waals surface area (Å²) in [5.74, 6) is 0.334. The standard InChI is InChI=1S/C20H12OS/c21-20-13-7-2-1-6-12(13)18-14-8-3-4-10-16(14)22-17-11-5-9-15(20)19(17)18/h1-11,18H. The van der Waals surface area contributed by atoms with Crippen molar-refractivity contribution in [1.29, 1.82) is 0 Å². The molecule has 0 radical (unpaired) electrons. The molecule has 0 fully saturated rings. The van der Waals surface area contributed by atoms with Crippen LogP contribution < -0.4 is 0 Å². The molecule has 0 saturated heterocycles. The van der Waals surface area contributed by atoms with E-state index < -0.39 is 0 Å². The Hall–Kier alpha value is -2.32. The van der Waals surface area contributed by atoms with E-state index in [1.807, 2.05) is 30.3 Å². The minimum absolute atomic E-state index is 0.156. The van der Waals surface area contributed by atoms with E-state index in [2.05, 4.69) is 36.4 Å². The van der Waals surface area contributed by atoms with E-state index in [1.165, 1.54) is 20.9 Å². The van der Waals surface area contributed by atoms with Gasteiger partial charge in [-0.25, -0.2) is 0 Å². The number of fused-ring (bicyclic) bond motifs is 4. The zero-order chi connectivity index (χ0) is 14.7. The normalized spacial score (nSPS) is 17.5. The molecule has 0 amide bonds. The summed E-state index contributed by atoms with van der Waals surface area (Å²) in [6, 6.07) is 22.7. The van der Waals surface area contributed by atoms with Crippen molar-refractivity contribution < 1.29 is 4.79 Å². The fraction of sp³-hybridized carbons (Fsp3) is 0.0500.